The highest BCUT2D eigenvalue weighted by Gasteiger charge is 2.27. The molecule has 1 saturated heterocycles. The summed E-state index contributed by atoms with van der Waals surface area (Å²) in [7, 11) is 0. The van der Waals surface area contributed by atoms with E-state index in [4.69, 9.17) is 0 Å². The van der Waals surface area contributed by atoms with Crippen LogP contribution in [0.4, 0.5) is 0 Å². The molecule has 0 unspecified atom stereocenters. The number of rotatable bonds is 8. The van der Waals surface area contributed by atoms with Gasteiger partial charge < -0.3 is 5.32 Å². The van der Waals surface area contributed by atoms with Gasteiger partial charge in [0.05, 0.1) is 6.54 Å². The molecule has 2 aliphatic heterocycles. The number of likely N-dealkylation sites (tertiary alicyclic amines) is 1. The smallest absolute Gasteiger partial charge is 0.267 e. The molecule has 152 valence electrons. The van der Waals surface area contributed by atoms with Crippen LogP contribution in [0.1, 0.15) is 51.5 Å². The van der Waals surface area contributed by atoms with E-state index in [0.29, 0.717) is 43.6 Å². The largest absolute Gasteiger partial charge is 0.349 e. The standard InChI is InChI=1S/C22H32N4O2/c1-17(2)14-19(25-12-6-7-13-25)15-23-22(28)20-10-11-21(27)26(24-20)16-18-8-4-3-5-9-18/h3-5,8-9,17,19H,6-7,10-16H2,1-2H3,(H,23,28)/t19-/m1/s1. The van der Waals surface area contributed by atoms with Gasteiger partial charge in [-0.3, -0.25) is 14.5 Å². The van der Waals surface area contributed by atoms with Crippen molar-refractivity contribution in [2.24, 2.45) is 11.0 Å². The third-order valence-electron chi connectivity index (χ3n) is 5.44. The van der Waals surface area contributed by atoms with Crippen molar-refractivity contribution in [2.75, 3.05) is 19.6 Å². The maximum Gasteiger partial charge on any atom is 0.267 e. The molecule has 1 aromatic carbocycles. The molecule has 0 saturated carbocycles. The number of nitrogens with one attached hydrogen (secondary N) is 1. The monoisotopic (exact) mass is 384 g/mol. The van der Waals surface area contributed by atoms with Crippen molar-refractivity contribution < 1.29 is 9.59 Å². The third kappa shape index (κ3) is 5.64. The van der Waals surface area contributed by atoms with Crippen molar-refractivity contribution in [3.05, 3.63) is 35.9 Å². The first-order valence-electron chi connectivity index (χ1n) is 10.5. The van der Waals surface area contributed by atoms with Gasteiger partial charge in [0.15, 0.2) is 0 Å². The van der Waals surface area contributed by atoms with Gasteiger partial charge in [-0.2, -0.15) is 5.10 Å². The van der Waals surface area contributed by atoms with E-state index < -0.39 is 0 Å². The summed E-state index contributed by atoms with van der Waals surface area (Å²) in [6.45, 7) is 7.73. The predicted molar refractivity (Wildman–Crippen MR) is 111 cm³/mol. The Hall–Kier alpha value is -2.21. The van der Waals surface area contributed by atoms with E-state index in [1.807, 2.05) is 30.3 Å². The summed E-state index contributed by atoms with van der Waals surface area (Å²) in [5, 5.41) is 8.88. The molecule has 1 aromatic rings. The zero-order chi connectivity index (χ0) is 19.9. The predicted octanol–water partition coefficient (Wildman–Crippen LogP) is 2.79. The summed E-state index contributed by atoms with van der Waals surface area (Å²) in [6.07, 6.45) is 4.30. The lowest BCUT2D eigenvalue weighted by atomic mass is 10.0. The van der Waals surface area contributed by atoms with Crippen molar-refractivity contribution in [2.45, 2.75) is 58.5 Å². The average molecular weight is 385 g/mol. The molecule has 1 fully saturated rings. The lowest BCUT2D eigenvalue weighted by Crippen LogP contribution is -2.46. The van der Waals surface area contributed by atoms with Crippen molar-refractivity contribution in [3.63, 3.8) is 0 Å². The van der Waals surface area contributed by atoms with E-state index >= 15 is 0 Å². The van der Waals surface area contributed by atoms with Gasteiger partial charge in [0.2, 0.25) is 5.91 Å². The van der Waals surface area contributed by atoms with Crippen LogP contribution in [-0.2, 0) is 16.1 Å². The van der Waals surface area contributed by atoms with Crippen LogP contribution >= 0.6 is 0 Å². The first-order chi connectivity index (χ1) is 13.5. The summed E-state index contributed by atoms with van der Waals surface area (Å²) in [5.74, 6) is 0.419. The fraction of sp³-hybridized carbons (Fsp3) is 0.591. The van der Waals surface area contributed by atoms with Crippen LogP contribution in [0.25, 0.3) is 0 Å². The van der Waals surface area contributed by atoms with Gasteiger partial charge in [-0.15, -0.1) is 0 Å². The maximum atomic E-state index is 12.7. The number of carbonyl (C=O) groups is 2. The number of benzene rings is 1. The topological polar surface area (TPSA) is 65.0 Å². The minimum absolute atomic E-state index is 0.0323. The van der Waals surface area contributed by atoms with Gasteiger partial charge >= 0.3 is 0 Å². The van der Waals surface area contributed by atoms with E-state index in [1.165, 1.54) is 17.9 Å². The molecule has 2 aliphatic rings. The minimum Gasteiger partial charge on any atom is -0.349 e. The summed E-state index contributed by atoms with van der Waals surface area (Å²) in [6, 6.07) is 10.1. The summed E-state index contributed by atoms with van der Waals surface area (Å²) in [5.41, 5.74) is 1.47. The average Bonchev–Trinajstić information content (AvgIpc) is 3.22. The van der Waals surface area contributed by atoms with Crippen LogP contribution in [0.5, 0.6) is 0 Å². The Labute approximate surface area is 168 Å². The highest BCUT2D eigenvalue weighted by molar-refractivity contribution is 6.39. The molecule has 1 N–H and O–H groups in total. The van der Waals surface area contributed by atoms with Crippen molar-refractivity contribution in [1.82, 2.24) is 15.2 Å². The highest BCUT2D eigenvalue weighted by Crippen LogP contribution is 2.18. The summed E-state index contributed by atoms with van der Waals surface area (Å²) >= 11 is 0. The number of hydrogen-bond donors (Lipinski definition) is 1. The molecule has 0 spiro atoms. The van der Waals surface area contributed by atoms with Crippen molar-refractivity contribution in [3.8, 4) is 0 Å². The van der Waals surface area contributed by atoms with Gasteiger partial charge in [-0.1, -0.05) is 44.2 Å². The molecule has 0 radical (unpaired) electrons. The molecule has 0 bridgehead atoms. The summed E-state index contributed by atoms with van der Waals surface area (Å²) in [4.78, 5) is 27.4. The molecule has 0 aromatic heterocycles. The minimum atomic E-state index is -0.140. The van der Waals surface area contributed by atoms with Crippen LogP contribution < -0.4 is 5.32 Å². The van der Waals surface area contributed by atoms with Crippen LogP contribution in [0.2, 0.25) is 0 Å². The third-order valence-corrected chi connectivity index (χ3v) is 5.44. The van der Waals surface area contributed by atoms with Gasteiger partial charge in [0.1, 0.15) is 5.71 Å². The van der Waals surface area contributed by atoms with Crippen LogP contribution in [-0.4, -0.2) is 53.1 Å². The van der Waals surface area contributed by atoms with Gasteiger partial charge in [0, 0.05) is 25.4 Å². The molecule has 1 atom stereocenters. The zero-order valence-electron chi connectivity index (χ0n) is 17.1. The molecule has 28 heavy (non-hydrogen) atoms. The highest BCUT2D eigenvalue weighted by atomic mass is 16.2. The van der Waals surface area contributed by atoms with E-state index in [0.717, 1.165) is 25.1 Å². The Kier molecular flexibility index (Phi) is 7.20. The number of amides is 2. The van der Waals surface area contributed by atoms with Gasteiger partial charge in [-0.05, 0) is 43.8 Å². The Balaban J connectivity index is 1.60. The fourth-order valence-electron chi connectivity index (χ4n) is 3.97. The van der Waals surface area contributed by atoms with Crippen molar-refractivity contribution in [1.29, 1.82) is 0 Å². The van der Waals surface area contributed by atoms with Crippen LogP contribution in [0, 0.1) is 5.92 Å². The Morgan fingerprint density at radius 3 is 2.54 bits per heavy atom. The number of carbonyl (C=O) groups excluding carboxylic acids is 2. The Morgan fingerprint density at radius 1 is 1.14 bits per heavy atom. The molecule has 6 nitrogen and oxygen atoms in total. The Morgan fingerprint density at radius 2 is 1.86 bits per heavy atom. The zero-order valence-corrected chi connectivity index (χ0v) is 17.1. The first-order valence-corrected chi connectivity index (χ1v) is 10.5. The van der Waals surface area contributed by atoms with E-state index in [-0.39, 0.29) is 11.8 Å². The Bertz CT molecular complexity index is 696. The summed E-state index contributed by atoms with van der Waals surface area (Å²) < 4.78 is 0. The van der Waals surface area contributed by atoms with E-state index in [1.54, 1.807) is 0 Å². The molecule has 3 rings (SSSR count). The second-order valence-corrected chi connectivity index (χ2v) is 8.22. The normalized spacial score (nSPS) is 19.0. The molecule has 2 amide bonds. The van der Waals surface area contributed by atoms with Crippen LogP contribution in [0.15, 0.2) is 35.4 Å². The molecule has 2 heterocycles. The van der Waals surface area contributed by atoms with Crippen molar-refractivity contribution >= 4 is 17.5 Å². The number of hydrogen-bond acceptors (Lipinski definition) is 4. The maximum absolute atomic E-state index is 12.7. The quantitative estimate of drug-likeness (QED) is 0.750. The molecular formula is C22H32N4O2. The lowest BCUT2D eigenvalue weighted by Gasteiger charge is -2.29. The first kappa shape index (κ1) is 20.5. The SMILES string of the molecule is CC(C)C[C@H](CNC(=O)C1=NN(Cc2ccccc2)C(=O)CC1)N1CCCC1. The molecule has 6 heteroatoms. The van der Waals surface area contributed by atoms with Gasteiger partial charge in [-0.25, -0.2) is 5.01 Å². The van der Waals surface area contributed by atoms with Crippen LogP contribution in [0.3, 0.4) is 0 Å². The van der Waals surface area contributed by atoms with Gasteiger partial charge in [0.25, 0.3) is 5.91 Å². The molecule has 0 aliphatic carbocycles. The lowest BCUT2D eigenvalue weighted by molar-refractivity contribution is -0.132. The number of hydrazone groups is 1. The second-order valence-electron chi connectivity index (χ2n) is 8.22. The molecular weight excluding hydrogens is 352 g/mol. The fourth-order valence-corrected chi connectivity index (χ4v) is 3.97. The van der Waals surface area contributed by atoms with E-state index in [2.05, 4.69) is 29.2 Å². The second kappa shape index (κ2) is 9.82. The number of nitrogens with zero attached hydrogens (tertiary/aromatic N) is 3. The van der Waals surface area contributed by atoms with E-state index in [9.17, 15) is 9.59 Å².